The Balaban J connectivity index is 2.43. The van der Waals surface area contributed by atoms with E-state index in [1.165, 1.54) is 4.88 Å². The van der Waals surface area contributed by atoms with Gasteiger partial charge in [0.2, 0.25) is 0 Å². The lowest BCUT2D eigenvalue weighted by Crippen LogP contribution is -2.33. The van der Waals surface area contributed by atoms with Crippen molar-refractivity contribution in [2.45, 2.75) is 12.5 Å². The molecular formula is C11H12N2S. The van der Waals surface area contributed by atoms with Gasteiger partial charge in [0.1, 0.15) is 0 Å². The SMILES string of the molecule is CC(N)(c1ccncc1)c1cccs1. The summed E-state index contributed by atoms with van der Waals surface area (Å²) in [6, 6.07) is 8.00. The number of aromatic nitrogens is 1. The Bertz CT molecular complexity index is 392. The van der Waals surface area contributed by atoms with E-state index in [9.17, 15) is 0 Å². The van der Waals surface area contributed by atoms with Gasteiger partial charge in [0.25, 0.3) is 0 Å². The molecule has 0 spiro atoms. The number of hydrogen-bond acceptors (Lipinski definition) is 3. The van der Waals surface area contributed by atoms with E-state index in [-0.39, 0.29) is 0 Å². The normalized spacial score (nSPS) is 15.0. The van der Waals surface area contributed by atoms with Gasteiger partial charge in [-0.15, -0.1) is 11.3 Å². The molecule has 0 aliphatic rings. The van der Waals surface area contributed by atoms with Crippen LogP contribution < -0.4 is 5.73 Å². The van der Waals surface area contributed by atoms with E-state index in [1.807, 2.05) is 30.5 Å². The van der Waals surface area contributed by atoms with E-state index < -0.39 is 5.54 Å². The van der Waals surface area contributed by atoms with Crippen LogP contribution in [0.2, 0.25) is 0 Å². The highest BCUT2D eigenvalue weighted by molar-refractivity contribution is 7.10. The highest BCUT2D eigenvalue weighted by atomic mass is 32.1. The summed E-state index contributed by atoms with van der Waals surface area (Å²) in [6.07, 6.45) is 3.54. The maximum Gasteiger partial charge on any atom is 0.0731 e. The van der Waals surface area contributed by atoms with Gasteiger partial charge < -0.3 is 5.73 Å². The number of pyridine rings is 1. The zero-order valence-electron chi connectivity index (χ0n) is 7.97. The molecule has 2 aromatic heterocycles. The summed E-state index contributed by atoms with van der Waals surface area (Å²) in [5.74, 6) is 0. The molecule has 1 atom stereocenters. The van der Waals surface area contributed by atoms with Crippen LogP contribution >= 0.6 is 11.3 Å². The van der Waals surface area contributed by atoms with Crippen molar-refractivity contribution in [3.8, 4) is 0 Å². The van der Waals surface area contributed by atoms with Crippen molar-refractivity contribution in [1.82, 2.24) is 4.98 Å². The van der Waals surface area contributed by atoms with Gasteiger partial charge in [-0.25, -0.2) is 0 Å². The summed E-state index contributed by atoms with van der Waals surface area (Å²) < 4.78 is 0. The van der Waals surface area contributed by atoms with Crippen LogP contribution in [0, 0.1) is 0 Å². The lowest BCUT2D eigenvalue weighted by Gasteiger charge is -2.23. The third-order valence-electron chi connectivity index (χ3n) is 2.31. The molecule has 14 heavy (non-hydrogen) atoms. The van der Waals surface area contributed by atoms with Crippen molar-refractivity contribution >= 4 is 11.3 Å². The number of thiophene rings is 1. The topological polar surface area (TPSA) is 38.9 Å². The van der Waals surface area contributed by atoms with E-state index in [4.69, 9.17) is 5.73 Å². The van der Waals surface area contributed by atoms with Gasteiger partial charge in [0.15, 0.2) is 0 Å². The molecule has 72 valence electrons. The molecule has 0 radical (unpaired) electrons. The molecule has 0 bridgehead atoms. The fourth-order valence-corrected chi connectivity index (χ4v) is 2.24. The molecular weight excluding hydrogens is 192 g/mol. The van der Waals surface area contributed by atoms with Crippen molar-refractivity contribution in [2.75, 3.05) is 0 Å². The van der Waals surface area contributed by atoms with Crippen LogP contribution in [0.25, 0.3) is 0 Å². The van der Waals surface area contributed by atoms with Crippen molar-refractivity contribution in [3.63, 3.8) is 0 Å². The van der Waals surface area contributed by atoms with Gasteiger partial charge in [0, 0.05) is 17.3 Å². The lowest BCUT2D eigenvalue weighted by atomic mass is 9.93. The fraction of sp³-hybridized carbons (Fsp3) is 0.182. The summed E-state index contributed by atoms with van der Waals surface area (Å²) in [7, 11) is 0. The molecule has 0 saturated carbocycles. The lowest BCUT2D eigenvalue weighted by molar-refractivity contribution is 0.616. The summed E-state index contributed by atoms with van der Waals surface area (Å²) in [5.41, 5.74) is 6.97. The third-order valence-corrected chi connectivity index (χ3v) is 3.42. The second-order valence-electron chi connectivity index (χ2n) is 3.42. The number of nitrogens with zero attached hydrogens (tertiary/aromatic N) is 1. The monoisotopic (exact) mass is 204 g/mol. The predicted octanol–water partition coefficient (Wildman–Crippen LogP) is 2.37. The largest absolute Gasteiger partial charge is 0.317 e. The molecule has 2 heterocycles. The van der Waals surface area contributed by atoms with Crippen molar-refractivity contribution in [2.24, 2.45) is 5.73 Å². The Labute approximate surface area is 87.4 Å². The summed E-state index contributed by atoms with van der Waals surface area (Å²) in [5, 5.41) is 2.04. The van der Waals surface area contributed by atoms with Crippen LogP contribution in [-0.2, 0) is 5.54 Å². The first-order valence-corrected chi connectivity index (χ1v) is 5.32. The van der Waals surface area contributed by atoms with Gasteiger partial charge in [-0.2, -0.15) is 0 Å². The van der Waals surface area contributed by atoms with E-state index >= 15 is 0 Å². The van der Waals surface area contributed by atoms with Crippen LogP contribution in [0.4, 0.5) is 0 Å². The molecule has 0 saturated heterocycles. The zero-order valence-corrected chi connectivity index (χ0v) is 8.79. The number of rotatable bonds is 2. The van der Waals surface area contributed by atoms with Crippen LogP contribution in [0.15, 0.2) is 42.0 Å². The Morgan fingerprint density at radius 1 is 1.29 bits per heavy atom. The van der Waals surface area contributed by atoms with Gasteiger partial charge in [-0.3, -0.25) is 4.98 Å². The van der Waals surface area contributed by atoms with E-state index in [0.717, 1.165) is 5.56 Å². The average Bonchev–Trinajstić information content (AvgIpc) is 2.72. The Morgan fingerprint density at radius 2 is 2.00 bits per heavy atom. The second-order valence-corrected chi connectivity index (χ2v) is 4.36. The molecule has 0 aliphatic heterocycles. The first-order valence-electron chi connectivity index (χ1n) is 4.44. The van der Waals surface area contributed by atoms with E-state index in [1.54, 1.807) is 23.7 Å². The highest BCUT2D eigenvalue weighted by Gasteiger charge is 2.24. The molecule has 0 fully saturated rings. The molecule has 2 aromatic rings. The zero-order chi connectivity index (χ0) is 10.0. The maximum absolute atomic E-state index is 6.29. The number of nitrogens with two attached hydrogens (primary N) is 1. The maximum atomic E-state index is 6.29. The standard InChI is InChI=1S/C11H12N2S/c1-11(12,10-3-2-8-14-10)9-4-6-13-7-5-9/h2-8H,12H2,1H3. The molecule has 2 nitrogen and oxygen atoms in total. The third kappa shape index (κ3) is 1.56. The first kappa shape index (κ1) is 9.37. The quantitative estimate of drug-likeness (QED) is 0.815. The highest BCUT2D eigenvalue weighted by Crippen LogP contribution is 2.29. The van der Waals surface area contributed by atoms with Gasteiger partial charge in [0.05, 0.1) is 5.54 Å². The van der Waals surface area contributed by atoms with Crippen LogP contribution in [0.1, 0.15) is 17.4 Å². The minimum atomic E-state index is -0.406. The fourth-order valence-electron chi connectivity index (χ4n) is 1.41. The molecule has 0 amide bonds. The molecule has 2 rings (SSSR count). The van der Waals surface area contributed by atoms with Crippen LogP contribution in [-0.4, -0.2) is 4.98 Å². The van der Waals surface area contributed by atoms with E-state index in [2.05, 4.69) is 11.1 Å². The molecule has 2 N–H and O–H groups in total. The Kier molecular flexibility index (Phi) is 2.35. The van der Waals surface area contributed by atoms with Gasteiger partial charge >= 0.3 is 0 Å². The van der Waals surface area contributed by atoms with E-state index in [0.29, 0.717) is 0 Å². The molecule has 0 aliphatic carbocycles. The van der Waals surface area contributed by atoms with Gasteiger partial charge in [-0.05, 0) is 36.1 Å². The molecule has 0 aromatic carbocycles. The second kappa shape index (κ2) is 3.52. The predicted molar refractivity (Wildman–Crippen MR) is 59.2 cm³/mol. The van der Waals surface area contributed by atoms with Crippen molar-refractivity contribution in [3.05, 3.63) is 52.5 Å². The minimum Gasteiger partial charge on any atom is -0.317 e. The molecule has 3 heteroatoms. The Hall–Kier alpha value is -1.19. The number of hydrogen-bond donors (Lipinski definition) is 1. The molecule has 1 unspecified atom stereocenters. The first-order chi connectivity index (χ1) is 6.71. The van der Waals surface area contributed by atoms with Crippen molar-refractivity contribution in [1.29, 1.82) is 0 Å². The van der Waals surface area contributed by atoms with Crippen molar-refractivity contribution < 1.29 is 0 Å². The minimum absolute atomic E-state index is 0.406. The summed E-state index contributed by atoms with van der Waals surface area (Å²) in [4.78, 5) is 5.16. The smallest absolute Gasteiger partial charge is 0.0731 e. The van der Waals surface area contributed by atoms with Crippen LogP contribution in [0.3, 0.4) is 0 Å². The summed E-state index contributed by atoms with van der Waals surface area (Å²) >= 11 is 1.68. The Morgan fingerprint density at radius 3 is 2.57 bits per heavy atom. The van der Waals surface area contributed by atoms with Gasteiger partial charge in [-0.1, -0.05) is 6.07 Å². The van der Waals surface area contributed by atoms with Crippen LogP contribution in [0.5, 0.6) is 0 Å². The average molecular weight is 204 g/mol. The summed E-state index contributed by atoms with van der Waals surface area (Å²) in [6.45, 7) is 2.02.